The topological polar surface area (TPSA) is 87.2 Å². The van der Waals surface area contributed by atoms with Crippen LogP contribution in [0, 0.1) is 21.4 Å². The molecule has 1 aromatic rings. The maximum Gasteiger partial charge on any atom is 0.269 e. The Morgan fingerprint density at radius 1 is 1.35 bits per heavy atom. The van der Waals surface area contributed by atoms with Crippen molar-refractivity contribution in [2.75, 3.05) is 13.1 Å². The van der Waals surface area contributed by atoms with Crippen molar-refractivity contribution in [1.82, 2.24) is 4.90 Å². The summed E-state index contributed by atoms with van der Waals surface area (Å²) in [4.78, 5) is 23.2. The van der Waals surface area contributed by atoms with E-state index in [1.165, 1.54) is 19.1 Å². The number of hydrogen-bond donors (Lipinski definition) is 0. The molecule has 20 heavy (non-hydrogen) atoms. The van der Waals surface area contributed by atoms with Crippen LogP contribution in [-0.2, 0) is 10.2 Å². The first-order valence-corrected chi connectivity index (χ1v) is 6.40. The number of nitriles is 1. The summed E-state index contributed by atoms with van der Waals surface area (Å²) in [6, 6.07) is 8.47. The highest BCUT2D eigenvalue weighted by Gasteiger charge is 2.37. The van der Waals surface area contributed by atoms with Gasteiger partial charge in [0, 0.05) is 32.1 Å². The van der Waals surface area contributed by atoms with Gasteiger partial charge in [0.25, 0.3) is 5.69 Å². The van der Waals surface area contributed by atoms with E-state index in [1.54, 1.807) is 17.0 Å². The number of hydrogen-bond acceptors (Lipinski definition) is 4. The average Bonchev–Trinajstić information content (AvgIpc) is 2.47. The molecule has 0 spiro atoms. The normalized spacial score (nSPS) is 17.3. The van der Waals surface area contributed by atoms with Gasteiger partial charge < -0.3 is 4.90 Å². The molecule has 0 radical (unpaired) electrons. The predicted octanol–water partition coefficient (Wildman–Crippen LogP) is 2.00. The first-order chi connectivity index (χ1) is 9.48. The summed E-state index contributed by atoms with van der Waals surface area (Å²) in [5, 5.41) is 20.2. The zero-order valence-electron chi connectivity index (χ0n) is 11.2. The molecule has 6 nitrogen and oxygen atoms in total. The zero-order chi connectivity index (χ0) is 14.8. The summed E-state index contributed by atoms with van der Waals surface area (Å²) in [5.74, 6) is 0.0141. The van der Waals surface area contributed by atoms with Crippen LogP contribution in [0.4, 0.5) is 5.69 Å². The number of nitro benzene ring substituents is 1. The second-order valence-corrected chi connectivity index (χ2v) is 5.00. The molecular weight excluding hydrogens is 258 g/mol. The van der Waals surface area contributed by atoms with Crippen LogP contribution in [0.2, 0.25) is 0 Å². The SMILES string of the molecule is CC(=O)N1CCC(C#N)(c2ccc([N+](=O)[O-])cc2)CC1. The highest BCUT2D eigenvalue weighted by atomic mass is 16.6. The van der Waals surface area contributed by atoms with Gasteiger partial charge in [-0.25, -0.2) is 0 Å². The molecular formula is C14H15N3O3. The number of amides is 1. The van der Waals surface area contributed by atoms with Crippen LogP contribution < -0.4 is 0 Å². The van der Waals surface area contributed by atoms with Gasteiger partial charge in [-0.1, -0.05) is 12.1 Å². The van der Waals surface area contributed by atoms with Crippen LogP contribution in [0.15, 0.2) is 24.3 Å². The van der Waals surface area contributed by atoms with Crippen LogP contribution in [0.3, 0.4) is 0 Å². The summed E-state index contributed by atoms with van der Waals surface area (Å²) in [5.41, 5.74) is 0.151. The molecule has 0 atom stereocenters. The van der Waals surface area contributed by atoms with Gasteiger partial charge in [0.1, 0.15) is 0 Å². The second-order valence-electron chi connectivity index (χ2n) is 5.00. The molecule has 0 aromatic heterocycles. The Balaban J connectivity index is 2.23. The lowest BCUT2D eigenvalue weighted by Gasteiger charge is -2.37. The van der Waals surface area contributed by atoms with E-state index in [-0.39, 0.29) is 11.6 Å². The van der Waals surface area contributed by atoms with Gasteiger partial charge in [0.2, 0.25) is 5.91 Å². The summed E-state index contributed by atoms with van der Waals surface area (Å²) in [7, 11) is 0. The lowest BCUT2D eigenvalue weighted by molar-refractivity contribution is -0.384. The first-order valence-electron chi connectivity index (χ1n) is 6.40. The van der Waals surface area contributed by atoms with Gasteiger partial charge in [-0.3, -0.25) is 14.9 Å². The fourth-order valence-corrected chi connectivity index (χ4v) is 2.57. The van der Waals surface area contributed by atoms with Crippen LogP contribution in [-0.4, -0.2) is 28.8 Å². The molecule has 1 aliphatic heterocycles. The zero-order valence-corrected chi connectivity index (χ0v) is 11.2. The minimum atomic E-state index is -0.652. The molecule has 1 fully saturated rings. The number of non-ortho nitro benzene ring substituents is 1. The fraction of sp³-hybridized carbons (Fsp3) is 0.429. The summed E-state index contributed by atoms with van der Waals surface area (Å²) >= 11 is 0. The van der Waals surface area contributed by atoms with Crippen LogP contribution in [0.1, 0.15) is 25.3 Å². The van der Waals surface area contributed by atoms with Gasteiger partial charge in [-0.15, -0.1) is 0 Å². The number of nitrogens with zero attached hydrogens (tertiary/aromatic N) is 3. The highest BCUT2D eigenvalue weighted by Crippen LogP contribution is 2.35. The number of carbonyl (C=O) groups is 1. The standard InChI is InChI=1S/C14H15N3O3/c1-11(18)16-8-6-14(10-15,7-9-16)12-2-4-13(5-3-12)17(19)20/h2-5H,6-9H2,1H3. The van der Waals surface area contributed by atoms with E-state index >= 15 is 0 Å². The third-order valence-corrected chi connectivity index (χ3v) is 3.91. The molecule has 1 amide bonds. The van der Waals surface area contributed by atoms with E-state index in [1.807, 2.05) is 0 Å². The minimum absolute atomic E-state index is 0.0141. The van der Waals surface area contributed by atoms with Crippen molar-refractivity contribution in [2.24, 2.45) is 0 Å². The molecule has 2 rings (SSSR count). The smallest absolute Gasteiger partial charge is 0.269 e. The number of rotatable bonds is 2. The minimum Gasteiger partial charge on any atom is -0.343 e. The van der Waals surface area contributed by atoms with Crippen molar-refractivity contribution in [3.8, 4) is 6.07 Å². The van der Waals surface area contributed by atoms with Crippen LogP contribution >= 0.6 is 0 Å². The van der Waals surface area contributed by atoms with Gasteiger partial charge in [0.05, 0.1) is 16.4 Å². The van der Waals surface area contributed by atoms with E-state index < -0.39 is 10.3 Å². The van der Waals surface area contributed by atoms with E-state index in [0.29, 0.717) is 25.9 Å². The molecule has 6 heteroatoms. The van der Waals surface area contributed by atoms with Crippen LogP contribution in [0.25, 0.3) is 0 Å². The van der Waals surface area contributed by atoms with Crippen molar-refractivity contribution in [2.45, 2.75) is 25.2 Å². The second kappa shape index (κ2) is 5.29. The van der Waals surface area contributed by atoms with E-state index in [9.17, 15) is 20.2 Å². The molecule has 0 N–H and O–H groups in total. The Labute approximate surface area is 116 Å². The number of carbonyl (C=O) groups excluding carboxylic acids is 1. The van der Waals surface area contributed by atoms with Crippen molar-refractivity contribution >= 4 is 11.6 Å². The maximum absolute atomic E-state index is 11.3. The summed E-state index contributed by atoms with van der Waals surface area (Å²) in [6.45, 7) is 2.60. The fourth-order valence-electron chi connectivity index (χ4n) is 2.57. The molecule has 0 aliphatic carbocycles. The number of benzene rings is 1. The van der Waals surface area contributed by atoms with Gasteiger partial charge in [-0.2, -0.15) is 5.26 Å². The third kappa shape index (κ3) is 2.48. The van der Waals surface area contributed by atoms with E-state index in [4.69, 9.17) is 0 Å². The molecule has 0 unspecified atom stereocenters. The number of piperidine rings is 1. The van der Waals surface area contributed by atoms with Crippen LogP contribution in [0.5, 0.6) is 0 Å². The highest BCUT2D eigenvalue weighted by molar-refractivity contribution is 5.73. The number of likely N-dealkylation sites (tertiary alicyclic amines) is 1. The molecule has 104 valence electrons. The molecule has 1 heterocycles. The molecule has 0 saturated carbocycles. The van der Waals surface area contributed by atoms with Crippen molar-refractivity contribution < 1.29 is 9.72 Å². The Morgan fingerprint density at radius 2 is 1.90 bits per heavy atom. The van der Waals surface area contributed by atoms with E-state index in [0.717, 1.165) is 5.56 Å². The van der Waals surface area contributed by atoms with Crippen molar-refractivity contribution in [1.29, 1.82) is 5.26 Å². The maximum atomic E-state index is 11.3. The average molecular weight is 273 g/mol. The van der Waals surface area contributed by atoms with Crippen molar-refractivity contribution in [3.63, 3.8) is 0 Å². The number of nitro groups is 1. The van der Waals surface area contributed by atoms with Gasteiger partial charge in [0.15, 0.2) is 0 Å². The molecule has 0 bridgehead atoms. The predicted molar refractivity (Wildman–Crippen MR) is 71.9 cm³/mol. The van der Waals surface area contributed by atoms with E-state index in [2.05, 4.69) is 6.07 Å². The van der Waals surface area contributed by atoms with Gasteiger partial charge >= 0.3 is 0 Å². The lowest BCUT2D eigenvalue weighted by atomic mass is 9.74. The quantitative estimate of drug-likeness (QED) is 0.609. The molecule has 1 saturated heterocycles. The largest absolute Gasteiger partial charge is 0.343 e. The Hall–Kier alpha value is -2.42. The molecule has 1 aromatic carbocycles. The summed E-state index contributed by atoms with van der Waals surface area (Å²) in [6.07, 6.45) is 1.11. The van der Waals surface area contributed by atoms with Gasteiger partial charge in [-0.05, 0) is 18.4 Å². The Kier molecular flexibility index (Phi) is 3.70. The Bertz CT molecular complexity index is 566. The monoisotopic (exact) mass is 273 g/mol. The summed E-state index contributed by atoms with van der Waals surface area (Å²) < 4.78 is 0. The van der Waals surface area contributed by atoms with Crippen molar-refractivity contribution in [3.05, 3.63) is 39.9 Å². The first kappa shape index (κ1) is 14.0. The Morgan fingerprint density at radius 3 is 2.30 bits per heavy atom. The molecule has 1 aliphatic rings. The lowest BCUT2D eigenvalue weighted by Crippen LogP contribution is -2.43. The third-order valence-electron chi connectivity index (χ3n) is 3.91.